The van der Waals surface area contributed by atoms with Gasteiger partial charge in [-0.15, -0.1) is 5.10 Å². The van der Waals surface area contributed by atoms with Gasteiger partial charge in [-0.3, -0.25) is 13.8 Å². The highest BCUT2D eigenvalue weighted by Crippen LogP contribution is 2.30. The Labute approximate surface area is 196 Å². The Kier molecular flexibility index (Phi) is 5.37. The Balaban J connectivity index is 1.64. The molecule has 8 nitrogen and oxygen atoms in total. The van der Waals surface area contributed by atoms with Gasteiger partial charge in [-0.05, 0) is 67.4 Å². The Morgan fingerprint density at radius 2 is 1.94 bits per heavy atom. The zero-order valence-electron chi connectivity index (χ0n) is 18.6. The minimum absolute atomic E-state index is 0.0660. The van der Waals surface area contributed by atoms with Crippen LogP contribution in [0.4, 0.5) is 5.69 Å². The Morgan fingerprint density at radius 1 is 1.15 bits per heavy atom. The lowest BCUT2D eigenvalue weighted by molar-refractivity contribution is 0.544. The van der Waals surface area contributed by atoms with E-state index >= 15 is 0 Å². The predicted molar refractivity (Wildman–Crippen MR) is 131 cm³/mol. The summed E-state index contributed by atoms with van der Waals surface area (Å²) >= 11 is 5.82. The van der Waals surface area contributed by atoms with Crippen LogP contribution in [0.5, 0.6) is 0 Å². The van der Waals surface area contributed by atoms with Crippen LogP contribution >= 0.6 is 12.2 Å². The molecule has 172 valence electrons. The summed E-state index contributed by atoms with van der Waals surface area (Å²) in [6.07, 6.45) is 3.76. The molecular formula is C23H25N5O3S2. The highest BCUT2D eigenvalue weighted by Gasteiger charge is 2.22. The molecule has 0 bridgehead atoms. The third-order valence-corrected chi connectivity index (χ3v) is 7.63. The van der Waals surface area contributed by atoms with Crippen molar-refractivity contribution in [1.29, 1.82) is 0 Å². The number of hydrogen-bond donors (Lipinski definition) is 0. The number of para-hydroxylation sites is 1. The molecule has 1 aliphatic heterocycles. The molecule has 0 atom stereocenters. The van der Waals surface area contributed by atoms with Gasteiger partial charge in [0.2, 0.25) is 10.5 Å². The van der Waals surface area contributed by atoms with E-state index in [0.717, 1.165) is 42.6 Å². The van der Waals surface area contributed by atoms with Gasteiger partial charge in [0.15, 0.2) is 9.84 Å². The van der Waals surface area contributed by atoms with Crippen molar-refractivity contribution >= 4 is 44.4 Å². The zero-order chi connectivity index (χ0) is 23.3. The topological polar surface area (TPSA) is 81.6 Å². The van der Waals surface area contributed by atoms with Gasteiger partial charge >= 0.3 is 0 Å². The molecule has 0 saturated heterocycles. The Morgan fingerprint density at radius 3 is 2.70 bits per heavy atom. The van der Waals surface area contributed by atoms with Crippen molar-refractivity contribution in [2.45, 2.75) is 44.3 Å². The first-order valence-electron chi connectivity index (χ1n) is 11.0. The van der Waals surface area contributed by atoms with Crippen LogP contribution in [0.25, 0.3) is 16.7 Å². The molecule has 0 amide bonds. The molecule has 5 rings (SSSR count). The number of rotatable bonds is 5. The maximum atomic E-state index is 13.1. The number of anilines is 1. The van der Waals surface area contributed by atoms with E-state index in [-0.39, 0.29) is 5.56 Å². The minimum atomic E-state index is -3.26. The van der Waals surface area contributed by atoms with Crippen LogP contribution in [-0.4, -0.2) is 40.0 Å². The van der Waals surface area contributed by atoms with Crippen molar-refractivity contribution in [2.24, 2.45) is 0 Å². The number of nitrogens with zero attached hydrogens (tertiary/aromatic N) is 5. The molecule has 33 heavy (non-hydrogen) atoms. The lowest BCUT2D eigenvalue weighted by atomic mass is 10.0. The maximum absolute atomic E-state index is 13.1. The number of aromatic nitrogens is 4. The Hall–Kier alpha value is -2.98. The summed E-state index contributed by atoms with van der Waals surface area (Å²) < 4.78 is 29.8. The van der Waals surface area contributed by atoms with E-state index in [1.54, 1.807) is 21.4 Å². The molecule has 4 aromatic rings. The first kappa shape index (κ1) is 21.8. The van der Waals surface area contributed by atoms with Crippen LogP contribution in [0.15, 0.2) is 52.2 Å². The predicted octanol–water partition coefficient (Wildman–Crippen LogP) is 3.40. The largest absolute Gasteiger partial charge is 0.352 e. The third-order valence-electron chi connectivity index (χ3n) is 6.13. The van der Waals surface area contributed by atoms with Gasteiger partial charge in [0, 0.05) is 25.0 Å². The van der Waals surface area contributed by atoms with Gasteiger partial charge in [-0.25, -0.2) is 13.1 Å². The van der Waals surface area contributed by atoms with E-state index in [4.69, 9.17) is 17.3 Å². The highest BCUT2D eigenvalue weighted by molar-refractivity contribution is 7.90. The molecule has 0 spiro atoms. The summed E-state index contributed by atoms with van der Waals surface area (Å²) in [5.74, 6) is 0.537. The summed E-state index contributed by atoms with van der Waals surface area (Å²) in [6.45, 7) is 3.81. The second kappa shape index (κ2) is 8.11. The second-order valence-corrected chi connectivity index (χ2v) is 10.8. The lowest BCUT2D eigenvalue weighted by Crippen LogP contribution is -2.32. The second-order valence-electron chi connectivity index (χ2n) is 8.46. The number of benzene rings is 2. The van der Waals surface area contributed by atoms with E-state index in [1.807, 2.05) is 41.7 Å². The molecule has 0 N–H and O–H groups in total. The standard InChI is InChI=1S/C23H25N5O3S2/c1-3-12-26-21(29)18-8-4-5-9-20(18)28-22(26)24-27(23(28)32)15-25-13-6-7-16-14-17(33(2,30)31)10-11-19(16)25/h4-5,8-11,14H,3,6-7,12-13,15H2,1-2H3. The summed E-state index contributed by atoms with van der Waals surface area (Å²) in [7, 11) is -3.26. The van der Waals surface area contributed by atoms with Crippen LogP contribution in [-0.2, 0) is 29.5 Å². The number of fused-ring (bicyclic) bond motifs is 4. The van der Waals surface area contributed by atoms with Crippen LogP contribution in [0, 0.1) is 4.77 Å². The quantitative estimate of drug-likeness (QED) is 0.405. The molecule has 0 aliphatic carbocycles. The van der Waals surface area contributed by atoms with Gasteiger partial charge in [0.05, 0.1) is 15.8 Å². The molecule has 10 heteroatoms. The first-order valence-corrected chi connectivity index (χ1v) is 13.3. The monoisotopic (exact) mass is 483 g/mol. The third kappa shape index (κ3) is 3.67. The van der Waals surface area contributed by atoms with Crippen molar-refractivity contribution in [2.75, 3.05) is 17.7 Å². The van der Waals surface area contributed by atoms with Gasteiger partial charge in [-0.1, -0.05) is 19.1 Å². The number of aryl methyl sites for hydroxylation is 2. The van der Waals surface area contributed by atoms with Crippen LogP contribution in [0.2, 0.25) is 0 Å². The molecule has 1 aliphatic rings. The number of sulfone groups is 1. The van der Waals surface area contributed by atoms with Crippen molar-refractivity contribution in [3.8, 4) is 0 Å². The highest BCUT2D eigenvalue weighted by atomic mass is 32.2. The summed E-state index contributed by atoms with van der Waals surface area (Å²) in [6, 6.07) is 12.8. The molecule has 0 fully saturated rings. The van der Waals surface area contributed by atoms with Gasteiger partial charge in [-0.2, -0.15) is 0 Å². The van der Waals surface area contributed by atoms with Crippen molar-refractivity contribution < 1.29 is 8.42 Å². The van der Waals surface area contributed by atoms with E-state index in [9.17, 15) is 13.2 Å². The molecule has 0 unspecified atom stereocenters. The van der Waals surface area contributed by atoms with Crippen molar-refractivity contribution in [3.63, 3.8) is 0 Å². The van der Waals surface area contributed by atoms with Gasteiger partial charge in [0.25, 0.3) is 5.56 Å². The Bertz CT molecular complexity index is 1620. The van der Waals surface area contributed by atoms with E-state index < -0.39 is 9.84 Å². The van der Waals surface area contributed by atoms with E-state index in [0.29, 0.717) is 34.0 Å². The van der Waals surface area contributed by atoms with Crippen LogP contribution in [0.1, 0.15) is 25.3 Å². The average molecular weight is 484 g/mol. The van der Waals surface area contributed by atoms with Gasteiger partial charge < -0.3 is 4.90 Å². The molecule has 3 heterocycles. The maximum Gasteiger partial charge on any atom is 0.262 e. The smallest absolute Gasteiger partial charge is 0.262 e. The average Bonchev–Trinajstić information content (AvgIpc) is 3.12. The number of hydrogen-bond acceptors (Lipinski definition) is 6. The molecule has 2 aromatic heterocycles. The fourth-order valence-electron chi connectivity index (χ4n) is 4.58. The SMILES string of the molecule is CCCn1c(=O)c2ccccc2n2c(=S)n(CN3CCCc4cc(S(C)(=O)=O)ccc43)nc12. The molecule has 0 saturated carbocycles. The summed E-state index contributed by atoms with van der Waals surface area (Å²) in [4.78, 5) is 15.6. The fourth-order valence-corrected chi connectivity index (χ4v) is 5.53. The van der Waals surface area contributed by atoms with Crippen molar-refractivity contribution in [1.82, 2.24) is 18.7 Å². The molecular weight excluding hydrogens is 458 g/mol. The lowest BCUT2D eigenvalue weighted by Gasteiger charge is -2.31. The van der Waals surface area contributed by atoms with Crippen LogP contribution < -0.4 is 10.5 Å². The zero-order valence-corrected chi connectivity index (χ0v) is 20.2. The first-order chi connectivity index (χ1) is 15.8. The van der Waals surface area contributed by atoms with Gasteiger partial charge in [0.1, 0.15) is 6.67 Å². The normalized spacial score (nSPS) is 14.2. The molecule has 0 radical (unpaired) electrons. The summed E-state index contributed by atoms with van der Waals surface area (Å²) in [5, 5.41) is 5.38. The van der Waals surface area contributed by atoms with E-state index in [1.165, 1.54) is 6.26 Å². The minimum Gasteiger partial charge on any atom is -0.352 e. The fraction of sp³-hybridized carbons (Fsp3) is 0.348. The molecule has 2 aromatic carbocycles. The van der Waals surface area contributed by atoms with E-state index in [2.05, 4.69) is 4.90 Å². The van der Waals surface area contributed by atoms with Crippen LogP contribution in [0.3, 0.4) is 0 Å². The van der Waals surface area contributed by atoms with Crippen molar-refractivity contribution in [3.05, 3.63) is 63.2 Å². The summed E-state index contributed by atoms with van der Waals surface area (Å²) in [5.41, 5.74) is 2.68.